The van der Waals surface area contributed by atoms with E-state index in [0.717, 1.165) is 11.3 Å². The van der Waals surface area contributed by atoms with Gasteiger partial charge in [0.05, 0.1) is 26.5 Å². The highest BCUT2D eigenvalue weighted by Crippen LogP contribution is 2.21. The molecule has 44 heavy (non-hydrogen) atoms. The van der Waals surface area contributed by atoms with Gasteiger partial charge in [-0.05, 0) is 54.1 Å². The van der Waals surface area contributed by atoms with E-state index in [1.54, 1.807) is 62.9 Å². The molecular formula is C32H30N6O6. The van der Waals surface area contributed by atoms with Gasteiger partial charge < -0.3 is 29.0 Å². The van der Waals surface area contributed by atoms with Crippen molar-refractivity contribution in [2.45, 2.75) is 13.2 Å². The number of methoxy groups -OCH3 is 2. The van der Waals surface area contributed by atoms with Crippen molar-refractivity contribution in [1.29, 1.82) is 0 Å². The number of esters is 1. The second kappa shape index (κ2) is 13.4. The summed E-state index contributed by atoms with van der Waals surface area (Å²) in [6.07, 6.45) is 2.96. The molecule has 0 fully saturated rings. The van der Waals surface area contributed by atoms with Crippen LogP contribution in [0.4, 0.5) is 10.5 Å². The van der Waals surface area contributed by atoms with Gasteiger partial charge in [0, 0.05) is 36.9 Å². The highest BCUT2D eigenvalue weighted by atomic mass is 16.6. The number of hydrogen-bond donors (Lipinski definition) is 1. The number of nitrogens with one attached hydrogen (secondary N) is 1. The molecule has 2 amide bonds. The van der Waals surface area contributed by atoms with E-state index >= 15 is 0 Å². The van der Waals surface area contributed by atoms with Gasteiger partial charge in [0.15, 0.2) is 5.69 Å². The van der Waals surface area contributed by atoms with E-state index in [1.165, 1.54) is 22.8 Å². The average Bonchev–Trinajstić information content (AvgIpc) is 3.72. The Hall–Kier alpha value is -5.91. The number of ether oxygens (including phenoxy) is 3. The molecular weight excluding hydrogens is 564 g/mol. The Balaban J connectivity index is 1.27. The van der Waals surface area contributed by atoms with Crippen molar-refractivity contribution in [3.63, 3.8) is 0 Å². The fourth-order valence-electron chi connectivity index (χ4n) is 4.36. The summed E-state index contributed by atoms with van der Waals surface area (Å²) in [5, 5.41) is 7.14. The molecule has 2 aromatic heterocycles. The van der Waals surface area contributed by atoms with Crippen molar-refractivity contribution < 1.29 is 28.6 Å². The molecule has 12 heteroatoms. The van der Waals surface area contributed by atoms with E-state index in [2.05, 4.69) is 15.4 Å². The Morgan fingerprint density at radius 1 is 0.909 bits per heavy atom. The number of carbonyl (C=O) groups excluding carboxylic acids is 3. The SMILES string of the molecule is COC(=O)c1cc(C(=O)Nc2ccc(-n3ccnc3CN(C)C(=O)OCc3ccccc3)cc2)n(-c2ccc(OC)cc2)n1. The number of amides is 2. The van der Waals surface area contributed by atoms with Gasteiger partial charge in [0.2, 0.25) is 0 Å². The predicted molar refractivity (Wildman–Crippen MR) is 161 cm³/mol. The zero-order valence-corrected chi connectivity index (χ0v) is 24.3. The molecule has 0 aliphatic carbocycles. The topological polar surface area (TPSA) is 130 Å². The van der Waals surface area contributed by atoms with Gasteiger partial charge in [-0.1, -0.05) is 30.3 Å². The monoisotopic (exact) mass is 594 g/mol. The minimum atomic E-state index is -0.665. The van der Waals surface area contributed by atoms with E-state index < -0.39 is 18.0 Å². The number of imidazole rings is 1. The molecule has 2 heterocycles. The van der Waals surface area contributed by atoms with Crippen LogP contribution in [0.1, 0.15) is 32.4 Å². The van der Waals surface area contributed by atoms with Crippen LogP contribution in [0.5, 0.6) is 5.75 Å². The summed E-state index contributed by atoms with van der Waals surface area (Å²) in [7, 11) is 4.45. The van der Waals surface area contributed by atoms with Gasteiger partial charge in [-0.3, -0.25) is 4.79 Å². The second-order valence-corrected chi connectivity index (χ2v) is 9.63. The Morgan fingerprint density at radius 2 is 1.61 bits per heavy atom. The molecule has 0 aliphatic rings. The first-order valence-corrected chi connectivity index (χ1v) is 13.5. The van der Waals surface area contributed by atoms with Crippen LogP contribution in [0.25, 0.3) is 11.4 Å². The fraction of sp³-hybridized carbons (Fsp3) is 0.156. The van der Waals surface area contributed by atoms with Crippen LogP contribution in [-0.4, -0.2) is 63.5 Å². The van der Waals surface area contributed by atoms with Gasteiger partial charge in [0.25, 0.3) is 5.91 Å². The van der Waals surface area contributed by atoms with Crippen molar-refractivity contribution in [3.8, 4) is 17.1 Å². The van der Waals surface area contributed by atoms with Crippen molar-refractivity contribution in [2.75, 3.05) is 26.6 Å². The molecule has 0 aliphatic heterocycles. The lowest BCUT2D eigenvalue weighted by Crippen LogP contribution is -2.28. The van der Waals surface area contributed by atoms with Crippen LogP contribution in [0, 0.1) is 0 Å². The largest absolute Gasteiger partial charge is 0.497 e. The summed E-state index contributed by atoms with van der Waals surface area (Å²) in [4.78, 5) is 43.9. The fourth-order valence-corrected chi connectivity index (χ4v) is 4.36. The maximum atomic E-state index is 13.3. The van der Waals surface area contributed by atoms with Crippen LogP contribution in [0.3, 0.4) is 0 Å². The number of anilines is 1. The predicted octanol–water partition coefficient (Wildman–Crippen LogP) is 4.87. The maximum Gasteiger partial charge on any atom is 0.410 e. The van der Waals surface area contributed by atoms with E-state index in [1.807, 2.05) is 47.0 Å². The van der Waals surface area contributed by atoms with E-state index in [0.29, 0.717) is 22.9 Å². The number of aromatic nitrogens is 4. The highest BCUT2D eigenvalue weighted by Gasteiger charge is 2.21. The number of rotatable bonds is 10. The molecule has 0 spiro atoms. The second-order valence-electron chi connectivity index (χ2n) is 9.63. The van der Waals surface area contributed by atoms with Crippen LogP contribution in [0.15, 0.2) is 97.3 Å². The summed E-state index contributed by atoms with van der Waals surface area (Å²) in [6, 6.07) is 24.8. The van der Waals surface area contributed by atoms with Crippen molar-refractivity contribution in [1.82, 2.24) is 24.2 Å². The molecule has 0 unspecified atom stereocenters. The molecule has 224 valence electrons. The van der Waals surface area contributed by atoms with Gasteiger partial charge in [-0.25, -0.2) is 19.3 Å². The molecule has 1 N–H and O–H groups in total. The van der Waals surface area contributed by atoms with Crippen molar-refractivity contribution in [2.24, 2.45) is 0 Å². The Bertz CT molecular complexity index is 1750. The van der Waals surface area contributed by atoms with Gasteiger partial charge in [-0.2, -0.15) is 5.10 Å². The maximum absolute atomic E-state index is 13.3. The molecule has 0 atom stereocenters. The van der Waals surface area contributed by atoms with Crippen molar-refractivity contribution in [3.05, 3.63) is 120 Å². The number of hydrogen-bond acceptors (Lipinski definition) is 8. The molecule has 0 bridgehead atoms. The minimum absolute atomic E-state index is 0.00892. The van der Waals surface area contributed by atoms with Gasteiger partial charge >= 0.3 is 12.1 Å². The lowest BCUT2D eigenvalue weighted by molar-refractivity contribution is 0.0593. The van der Waals surface area contributed by atoms with E-state index in [4.69, 9.17) is 14.2 Å². The number of carbonyl (C=O) groups is 3. The lowest BCUT2D eigenvalue weighted by Gasteiger charge is -2.18. The number of benzene rings is 3. The Kier molecular flexibility index (Phi) is 8.99. The van der Waals surface area contributed by atoms with Crippen LogP contribution in [0.2, 0.25) is 0 Å². The summed E-state index contributed by atoms with van der Waals surface area (Å²) in [6.45, 7) is 0.396. The molecule has 5 aromatic rings. The highest BCUT2D eigenvalue weighted by molar-refractivity contribution is 6.04. The van der Waals surface area contributed by atoms with Gasteiger partial charge in [-0.15, -0.1) is 0 Å². The first kappa shape index (κ1) is 29.6. The molecule has 0 radical (unpaired) electrons. The van der Waals surface area contributed by atoms with Crippen LogP contribution in [-0.2, 0) is 22.6 Å². The first-order valence-electron chi connectivity index (χ1n) is 13.5. The van der Waals surface area contributed by atoms with Gasteiger partial charge in [0.1, 0.15) is 23.9 Å². The van der Waals surface area contributed by atoms with Crippen LogP contribution >= 0.6 is 0 Å². The van der Waals surface area contributed by atoms with E-state index in [-0.39, 0.29) is 24.5 Å². The standard InChI is InChI=1S/C32H30N6O6/c1-36(32(41)44-21-22-7-5-4-6-8-22)20-29-33-17-18-37(29)24-11-9-23(10-12-24)34-30(39)28-19-27(31(40)43-3)35-38(28)25-13-15-26(42-2)16-14-25/h4-19H,20-21H2,1-3H3,(H,34,39). The molecule has 12 nitrogen and oxygen atoms in total. The quantitative estimate of drug-likeness (QED) is 0.227. The average molecular weight is 595 g/mol. The van der Waals surface area contributed by atoms with E-state index in [9.17, 15) is 14.4 Å². The first-order chi connectivity index (χ1) is 21.4. The zero-order chi connectivity index (χ0) is 31.1. The lowest BCUT2D eigenvalue weighted by atomic mass is 10.2. The summed E-state index contributed by atoms with van der Waals surface area (Å²) in [5.74, 6) is 0.118. The summed E-state index contributed by atoms with van der Waals surface area (Å²) in [5.41, 5.74) is 2.88. The Morgan fingerprint density at radius 3 is 2.30 bits per heavy atom. The molecule has 3 aromatic carbocycles. The molecule has 0 saturated heterocycles. The van der Waals surface area contributed by atoms with Crippen LogP contribution < -0.4 is 10.1 Å². The normalized spacial score (nSPS) is 10.6. The molecule has 0 saturated carbocycles. The zero-order valence-electron chi connectivity index (χ0n) is 24.3. The third-order valence-electron chi connectivity index (χ3n) is 6.67. The summed E-state index contributed by atoms with van der Waals surface area (Å²) >= 11 is 0. The third-order valence-corrected chi connectivity index (χ3v) is 6.67. The smallest absolute Gasteiger partial charge is 0.410 e. The number of nitrogens with zero attached hydrogens (tertiary/aromatic N) is 5. The summed E-state index contributed by atoms with van der Waals surface area (Å²) < 4.78 is 18.6. The Labute approximate surface area is 253 Å². The third kappa shape index (κ3) is 6.76. The van der Waals surface area contributed by atoms with Crippen molar-refractivity contribution >= 4 is 23.7 Å². The minimum Gasteiger partial charge on any atom is -0.497 e. The molecule has 5 rings (SSSR count).